The van der Waals surface area contributed by atoms with E-state index in [9.17, 15) is 0 Å². The van der Waals surface area contributed by atoms with Crippen LogP contribution in [0.15, 0.2) is 0 Å². The van der Waals surface area contributed by atoms with Gasteiger partial charge in [-0.25, -0.2) is 0 Å². The molecule has 0 radical (unpaired) electrons. The van der Waals surface area contributed by atoms with Gasteiger partial charge in [-0.3, -0.25) is 4.84 Å². The molecule has 0 unspecified atom stereocenters. The first kappa shape index (κ1) is 7.03. The maximum Gasteiger partial charge on any atom is 0.151 e. The Bertz CT molecular complexity index is 71.3. The molecule has 0 aromatic heterocycles. The average molecular weight is 129 g/mol. The molecule has 0 aromatic carbocycles. The minimum absolute atomic E-state index is 0.404. The Hall–Kier alpha value is -0.0800. The highest BCUT2D eigenvalue weighted by molar-refractivity contribution is 4.57. The molecule has 0 aliphatic carbocycles. The van der Waals surface area contributed by atoms with E-state index < -0.39 is 0 Å². The van der Waals surface area contributed by atoms with E-state index in [4.69, 9.17) is 4.84 Å². The van der Waals surface area contributed by atoms with E-state index in [1.165, 1.54) is 32.1 Å². The van der Waals surface area contributed by atoms with Crippen LogP contribution in [-0.2, 0) is 4.84 Å². The quantitative estimate of drug-likeness (QED) is 0.454. The molecule has 2 heteroatoms. The third-order valence-corrected chi connectivity index (χ3v) is 1.60. The lowest BCUT2D eigenvalue weighted by Gasteiger charge is -1.92. The normalized spacial score (nSPS) is 24.3. The Morgan fingerprint density at radius 2 is 2.11 bits per heavy atom. The van der Waals surface area contributed by atoms with Crippen molar-refractivity contribution in [3.63, 3.8) is 0 Å². The molecule has 0 aromatic rings. The van der Waals surface area contributed by atoms with Crippen LogP contribution < -0.4 is 5.48 Å². The predicted octanol–water partition coefficient (Wildman–Crippen LogP) is 1.82. The average Bonchev–Trinajstić information content (AvgIpc) is 2.63. The van der Waals surface area contributed by atoms with Crippen LogP contribution in [0.5, 0.6) is 0 Å². The van der Waals surface area contributed by atoms with Crippen LogP contribution in [0.3, 0.4) is 0 Å². The molecule has 1 aliphatic heterocycles. The Morgan fingerprint density at radius 3 is 2.67 bits per heavy atom. The van der Waals surface area contributed by atoms with Crippen molar-refractivity contribution in [1.29, 1.82) is 0 Å². The summed E-state index contributed by atoms with van der Waals surface area (Å²) in [5.74, 6) is 0. The maximum atomic E-state index is 4.84. The summed E-state index contributed by atoms with van der Waals surface area (Å²) in [6.45, 7) is 2.23. The molecule has 54 valence electrons. The molecule has 1 atom stereocenters. The standard InChI is InChI=1S/C7H15NO/c1-2-3-4-5-6-7-8-9-7/h7-8H,2-6H2,1H3/t7-/m1/s1. The fourth-order valence-electron chi connectivity index (χ4n) is 0.922. The first-order valence-corrected chi connectivity index (χ1v) is 3.84. The largest absolute Gasteiger partial charge is 0.278 e. The number of nitrogens with one attached hydrogen (secondary N) is 1. The van der Waals surface area contributed by atoms with Gasteiger partial charge in [0.1, 0.15) is 0 Å². The van der Waals surface area contributed by atoms with Gasteiger partial charge in [0.2, 0.25) is 0 Å². The molecule has 0 amide bonds. The van der Waals surface area contributed by atoms with Gasteiger partial charge in [0, 0.05) is 0 Å². The Labute approximate surface area is 56.5 Å². The lowest BCUT2D eigenvalue weighted by molar-refractivity contribution is 0.358. The summed E-state index contributed by atoms with van der Waals surface area (Å²) >= 11 is 0. The summed E-state index contributed by atoms with van der Waals surface area (Å²) in [5.41, 5.74) is 2.81. The second-order valence-electron chi connectivity index (χ2n) is 2.57. The van der Waals surface area contributed by atoms with Crippen LogP contribution in [0.2, 0.25) is 0 Å². The molecular weight excluding hydrogens is 114 g/mol. The summed E-state index contributed by atoms with van der Waals surface area (Å²) in [6.07, 6.45) is 6.96. The van der Waals surface area contributed by atoms with E-state index >= 15 is 0 Å². The zero-order valence-electron chi connectivity index (χ0n) is 6.02. The van der Waals surface area contributed by atoms with Crippen LogP contribution in [0, 0.1) is 0 Å². The van der Waals surface area contributed by atoms with Crippen LogP contribution in [0.25, 0.3) is 0 Å². The second-order valence-corrected chi connectivity index (χ2v) is 2.57. The fraction of sp³-hybridized carbons (Fsp3) is 1.00. The first-order valence-electron chi connectivity index (χ1n) is 3.84. The topological polar surface area (TPSA) is 34.5 Å². The van der Waals surface area contributed by atoms with Gasteiger partial charge < -0.3 is 0 Å². The fourth-order valence-corrected chi connectivity index (χ4v) is 0.922. The molecule has 0 saturated carbocycles. The van der Waals surface area contributed by atoms with E-state index in [2.05, 4.69) is 12.4 Å². The monoisotopic (exact) mass is 129 g/mol. The van der Waals surface area contributed by atoms with Gasteiger partial charge in [-0.05, 0) is 12.8 Å². The van der Waals surface area contributed by atoms with E-state index in [0.717, 1.165) is 0 Å². The van der Waals surface area contributed by atoms with Gasteiger partial charge in [0.05, 0.1) is 0 Å². The van der Waals surface area contributed by atoms with Crippen molar-refractivity contribution in [3.05, 3.63) is 0 Å². The minimum atomic E-state index is 0.404. The minimum Gasteiger partial charge on any atom is -0.278 e. The van der Waals surface area contributed by atoms with Crippen LogP contribution in [0.4, 0.5) is 0 Å². The van der Waals surface area contributed by atoms with Gasteiger partial charge in [-0.1, -0.05) is 26.2 Å². The van der Waals surface area contributed by atoms with E-state index in [1.54, 1.807) is 0 Å². The van der Waals surface area contributed by atoms with Crippen molar-refractivity contribution in [2.75, 3.05) is 0 Å². The summed E-state index contributed by atoms with van der Waals surface area (Å²) in [5, 5.41) is 0. The summed E-state index contributed by atoms with van der Waals surface area (Å²) < 4.78 is 0. The van der Waals surface area contributed by atoms with Crippen molar-refractivity contribution < 1.29 is 4.84 Å². The van der Waals surface area contributed by atoms with Crippen LogP contribution in [0.1, 0.15) is 39.0 Å². The molecule has 1 fully saturated rings. The molecule has 1 rings (SSSR count). The summed E-state index contributed by atoms with van der Waals surface area (Å²) in [7, 11) is 0. The highest BCUT2D eigenvalue weighted by atomic mass is 16.8. The van der Waals surface area contributed by atoms with Gasteiger partial charge in [-0.2, -0.15) is 5.48 Å². The smallest absolute Gasteiger partial charge is 0.151 e. The van der Waals surface area contributed by atoms with E-state index in [-0.39, 0.29) is 0 Å². The number of hydrogen-bond donors (Lipinski definition) is 1. The lowest BCUT2D eigenvalue weighted by atomic mass is 10.1. The molecule has 0 spiro atoms. The highest BCUT2D eigenvalue weighted by Gasteiger charge is 2.20. The molecular formula is C7H15NO. The Balaban J connectivity index is 1.71. The number of unbranched alkanes of at least 4 members (excludes halogenated alkanes) is 3. The number of rotatable bonds is 5. The molecule has 2 nitrogen and oxygen atoms in total. The molecule has 1 N–H and O–H groups in total. The Kier molecular flexibility index (Phi) is 3.01. The van der Waals surface area contributed by atoms with Crippen molar-refractivity contribution in [2.24, 2.45) is 0 Å². The van der Waals surface area contributed by atoms with E-state index in [1.807, 2.05) is 0 Å². The van der Waals surface area contributed by atoms with E-state index in [0.29, 0.717) is 6.23 Å². The summed E-state index contributed by atoms with van der Waals surface area (Å²) in [4.78, 5) is 4.84. The van der Waals surface area contributed by atoms with Gasteiger partial charge in [-0.15, -0.1) is 0 Å². The van der Waals surface area contributed by atoms with Crippen molar-refractivity contribution in [1.82, 2.24) is 5.48 Å². The van der Waals surface area contributed by atoms with Crippen molar-refractivity contribution in [2.45, 2.75) is 45.3 Å². The molecule has 0 bridgehead atoms. The highest BCUT2D eigenvalue weighted by Crippen LogP contribution is 2.11. The molecule has 1 aliphatic rings. The third kappa shape index (κ3) is 3.49. The van der Waals surface area contributed by atoms with Crippen LogP contribution in [-0.4, -0.2) is 6.23 Å². The first-order chi connectivity index (χ1) is 4.43. The van der Waals surface area contributed by atoms with Gasteiger partial charge >= 0.3 is 0 Å². The predicted molar refractivity (Wildman–Crippen MR) is 36.8 cm³/mol. The molecule has 9 heavy (non-hydrogen) atoms. The second kappa shape index (κ2) is 3.85. The molecule has 1 saturated heterocycles. The van der Waals surface area contributed by atoms with Gasteiger partial charge in [0.15, 0.2) is 6.23 Å². The number of hydroxylamine groups is 1. The lowest BCUT2D eigenvalue weighted by Crippen LogP contribution is -1.89. The van der Waals surface area contributed by atoms with Crippen molar-refractivity contribution in [3.8, 4) is 0 Å². The zero-order valence-corrected chi connectivity index (χ0v) is 6.02. The van der Waals surface area contributed by atoms with Crippen LogP contribution >= 0.6 is 0 Å². The van der Waals surface area contributed by atoms with Crippen molar-refractivity contribution >= 4 is 0 Å². The maximum absolute atomic E-state index is 4.84. The molecule has 1 heterocycles. The third-order valence-electron chi connectivity index (χ3n) is 1.60. The zero-order chi connectivity index (χ0) is 6.53. The number of hydrogen-bond acceptors (Lipinski definition) is 2. The summed E-state index contributed by atoms with van der Waals surface area (Å²) in [6, 6.07) is 0. The SMILES string of the molecule is CCCCCC[C@@H]1NO1. The Morgan fingerprint density at radius 1 is 1.33 bits per heavy atom. The van der Waals surface area contributed by atoms with Gasteiger partial charge in [0.25, 0.3) is 0 Å².